The van der Waals surface area contributed by atoms with Crippen LogP contribution < -0.4 is 10.6 Å². The molecule has 2 rings (SSSR count). The Hall–Kier alpha value is -0.930. The minimum atomic E-state index is 0.704. The first kappa shape index (κ1) is 10.6. The van der Waals surface area contributed by atoms with E-state index in [4.69, 9.17) is 0 Å². The van der Waals surface area contributed by atoms with Crippen LogP contribution in [0.2, 0.25) is 0 Å². The average Bonchev–Trinajstić information content (AvgIpc) is 2.32. The van der Waals surface area contributed by atoms with Crippen molar-refractivity contribution in [3.05, 3.63) is 30.1 Å². The Bertz CT molecular complexity index is 267. The Kier molecular flexibility index (Phi) is 4.11. The van der Waals surface area contributed by atoms with Gasteiger partial charge in [0.2, 0.25) is 0 Å². The number of aromatic nitrogens is 1. The molecule has 0 aromatic carbocycles. The van der Waals surface area contributed by atoms with Crippen LogP contribution in [-0.2, 0) is 6.42 Å². The van der Waals surface area contributed by atoms with E-state index in [9.17, 15) is 0 Å². The molecule has 1 aromatic rings. The molecule has 15 heavy (non-hydrogen) atoms. The lowest BCUT2D eigenvalue weighted by atomic mass is 10.1. The van der Waals surface area contributed by atoms with Crippen molar-refractivity contribution in [2.45, 2.75) is 25.3 Å². The highest BCUT2D eigenvalue weighted by molar-refractivity contribution is 5.03. The standard InChI is InChI=1S/C12H19N3/c1-2-7-14-11(3-1)6-10-15-12-4-8-13-9-5-12/h1-3,7,12-13,15H,4-6,8-10H2. The Balaban J connectivity index is 1.66. The van der Waals surface area contributed by atoms with Crippen LogP contribution in [0.15, 0.2) is 24.4 Å². The third kappa shape index (κ3) is 3.61. The zero-order valence-electron chi connectivity index (χ0n) is 9.08. The molecule has 0 unspecified atom stereocenters. The number of pyridine rings is 1. The van der Waals surface area contributed by atoms with Crippen molar-refractivity contribution in [2.24, 2.45) is 0 Å². The van der Waals surface area contributed by atoms with Crippen LogP contribution in [0.1, 0.15) is 18.5 Å². The van der Waals surface area contributed by atoms with E-state index in [1.54, 1.807) is 0 Å². The van der Waals surface area contributed by atoms with Gasteiger partial charge >= 0.3 is 0 Å². The van der Waals surface area contributed by atoms with Gasteiger partial charge in [0.25, 0.3) is 0 Å². The van der Waals surface area contributed by atoms with Gasteiger partial charge in [-0.2, -0.15) is 0 Å². The quantitative estimate of drug-likeness (QED) is 0.769. The molecule has 0 bridgehead atoms. The van der Waals surface area contributed by atoms with E-state index in [1.165, 1.54) is 18.5 Å². The van der Waals surface area contributed by atoms with Crippen molar-refractivity contribution in [1.82, 2.24) is 15.6 Å². The van der Waals surface area contributed by atoms with Gasteiger partial charge in [-0.25, -0.2) is 0 Å². The zero-order chi connectivity index (χ0) is 10.3. The van der Waals surface area contributed by atoms with Crippen LogP contribution >= 0.6 is 0 Å². The normalized spacial score (nSPS) is 17.9. The molecule has 3 heteroatoms. The topological polar surface area (TPSA) is 37.0 Å². The summed E-state index contributed by atoms with van der Waals surface area (Å²) in [5, 5.41) is 6.96. The van der Waals surface area contributed by atoms with Crippen LogP contribution in [0.25, 0.3) is 0 Å². The van der Waals surface area contributed by atoms with Crippen LogP contribution in [0.4, 0.5) is 0 Å². The van der Waals surface area contributed by atoms with Gasteiger partial charge in [0.1, 0.15) is 0 Å². The molecule has 0 saturated carbocycles. The summed E-state index contributed by atoms with van der Waals surface area (Å²) in [6.07, 6.45) is 5.40. The third-order valence-electron chi connectivity index (χ3n) is 2.88. The number of hydrogen-bond acceptors (Lipinski definition) is 3. The first-order valence-electron chi connectivity index (χ1n) is 5.79. The van der Waals surface area contributed by atoms with Gasteiger partial charge in [0.05, 0.1) is 0 Å². The molecule has 1 fully saturated rings. The van der Waals surface area contributed by atoms with Gasteiger partial charge in [-0.1, -0.05) is 6.07 Å². The van der Waals surface area contributed by atoms with Gasteiger partial charge in [0, 0.05) is 30.9 Å². The number of nitrogens with one attached hydrogen (secondary N) is 2. The summed E-state index contributed by atoms with van der Waals surface area (Å²) in [7, 11) is 0. The average molecular weight is 205 g/mol. The summed E-state index contributed by atoms with van der Waals surface area (Å²) >= 11 is 0. The third-order valence-corrected chi connectivity index (χ3v) is 2.88. The lowest BCUT2D eigenvalue weighted by Gasteiger charge is -2.23. The monoisotopic (exact) mass is 205 g/mol. The summed E-state index contributed by atoms with van der Waals surface area (Å²) in [6, 6.07) is 6.80. The minimum Gasteiger partial charge on any atom is -0.317 e. The Labute approximate surface area is 91.3 Å². The minimum absolute atomic E-state index is 0.704. The predicted octanol–water partition coefficient (Wildman–Crippen LogP) is 0.966. The molecule has 0 aliphatic carbocycles. The van der Waals surface area contributed by atoms with Crippen LogP contribution in [0.3, 0.4) is 0 Å². The summed E-state index contributed by atoms with van der Waals surface area (Å²) in [5.41, 5.74) is 1.18. The Morgan fingerprint density at radius 2 is 2.20 bits per heavy atom. The summed E-state index contributed by atoms with van der Waals surface area (Å²) in [6.45, 7) is 3.35. The van der Waals surface area contributed by atoms with Crippen molar-refractivity contribution >= 4 is 0 Å². The van der Waals surface area contributed by atoms with Crippen molar-refractivity contribution in [3.63, 3.8) is 0 Å². The molecular weight excluding hydrogens is 186 g/mol. The Morgan fingerprint density at radius 3 is 2.93 bits per heavy atom. The summed E-state index contributed by atoms with van der Waals surface area (Å²) in [5.74, 6) is 0. The van der Waals surface area contributed by atoms with Gasteiger partial charge in [-0.05, 0) is 38.1 Å². The van der Waals surface area contributed by atoms with E-state index < -0.39 is 0 Å². The predicted molar refractivity (Wildman–Crippen MR) is 61.8 cm³/mol. The second-order valence-corrected chi connectivity index (χ2v) is 4.05. The highest BCUT2D eigenvalue weighted by Crippen LogP contribution is 2.02. The van der Waals surface area contributed by atoms with E-state index in [2.05, 4.69) is 21.7 Å². The van der Waals surface area contributed by atoms with Crippen molar-refractivity contribution < 1.29 is 0 Å². The first-order valence-corrected chi connectivity index (χ1v) is 5.79. The van der Waals surface area contributed by atoms with Crippen LogP contribution in [-0.4, -0.2) is 30.7 Å². The molecule has 2 heterocycles. The van der Waals surface area contributed by atoms with Crippen molar-refractivity contribution in [2.75, 3.05) is 19.6 Å². The molecule has 0 amide bonds. The van der Waals surface area contributed by atoms with Crippen LogP contribution in [0.5, 0.6) is 0 Å². The fourth-order valence-corrected chi connectivity index (χ4v) is 1.98. The van der Waals surface area contributed by atoms with Gasteiger partial charge in [-0.15, -0.1) is 0 Å². The lowest BCUT2D eigenvalue weighted by molar-refractivity contribution is 0.389. The lowest BCUT2D eigenvalue weighted by Crippen LogP contribution is -2.40. The molecule has 0 spiro atoms. The van der Waals surface area contributed by atoms with Crippen molar-refractivity contribution in [3.8, 4) is 0 Å². The highest BCUT2D eigenvalue weighted by Gasteiger charge is 2.11. The second kappa shape index (κ2) is 5.83. The van der Waals surface area contributed by atoms with Crippen molar-refractivity contribution in [1.29, 1.82) is 0 Å². The number of nitrogens with zero attached hydrogens (tertiary/aromatic N) is 1. The molecule has 0 radical (unpaired) electrons. The van der Waals surface area contributed by atoms with E-state index in [0.717, 1.165) is 26.1 Å². The number of piperidine rings is 1. The van der Waals surface area contributed by atoms with Gasteiger partial charge in [0.15, 0.2) is 0 Å². The number of rotatable bonds is 4. The molecule has 0 atom stereocenters. The molecule has 1 aliphatic heterocycles. The molecule has 82 valence electrons. The largest absolute Gasteiger partial charge is 0.317 e. The molecular formula is C12H19N3. The summed E-state index contributed by atoms with van der Waals surface area (Å²) < 4.78 is 0. The fraction of sp³-hybridized carbons (Fsp3) is 0.583. The van der Waals surface area contributed by atoms with Crippen LogP contribution in [0, 0.1) is 0 Å². The highest BCUT2D eigenvalue weighted by atomic mass is 15.0. The molecule has 1 saturated heterocycles. The van der Waals surface area contributed by atoms with Gasteiger partial charge in [-0.3, -0.25) is 4.98 Å². The van der Waals surface area contributed by atoms with Gasteiger partial charge < -0.3 is 10.6 Å². The first-order chi connectivity index (χ1) is 7.45. The maximum absolute atomic E-state index is 4.31. The molecule has 3 nitrogen and oxygen atoms in total. The van der Waals surface area contributed by atoms with E-state index in [-0.39, 0.29) is 0 Å². The zero-order valence-corrected chi connectivity index (χ0v) is 9.08. The molecule has 2 N–H and O–H groups in total. The number of hydrogen-bond donors (Lipinski definition) is 2. The van der Waals surface area contributed by atoms with E-state index >= 15 is 0 Å². The van der Waals surface area contributed by atoms with E-state index in [1.807, 2.05) is 18.3 Å². The van der Waals surface area contributed by atoms with E-state index in [0.29, 0.717) is 6.04 Å². The maximum atomic E-state index is 4.31. The fourth-order valence-electron chi connectivity index (χ4n) is 1.98. The SMILES string of the molecule is c1ccc(CCNC2CCNCC2)nc1. The smallest absolute Gasteiger partial charge is 0.0416 e. The molecule has 1 aliphatic rings. The second-order valence-electron chi connectivity index (χ2n) is 4.05. The molecule has 1 aromatic heterocycles. The Morgan fingerprint density at radius 1 is 1.33 bits per heavy atom. The maximum Gasteiger partial charge on any atom is 0.0416 e. The summed E-state index contributed by atoms with van der Waals surface area (Å²) in [4.78, 5) is 4.31.